The molecule has 1 aromatic carbocycles. The first-order chi connectivity index (χ1) is 8.99. The van der Waals surface area contributed by atoms with E-state index < -0.39 is 0 Å². The summed E-state index contributed by atoms with van der Waals surface area (Å²) >= 11 is 3.28. The maximum absolute atomic E-state index is 10.2. The number of anilines is 1. The van der Waals surface area contributed by atoms with Crippen molar-refractivity contribution in [1.82, 2.24) is 9.78 Å². The van der Waals surface area contributed by atoms with E-state index in [0.29, 0.717) is 33.0 Å². The van der Waals surface area contributed by atoms with Crippen LogP contribution in [-0.2, 0) is 7.05 Å². The smallest absolute Gasteiger partial charge is 0.178 e. The normalized spacial score (nSPS) is 10.5. The molecule has 2 aromatic rings. The van der Waals surface area contributed by atoms with Gasteiger partial charge in [-0.2, -0.15) is 5.10 Å². The Labute approximate surface area is 118 Å². The van der Waals surface area contributed by atoms with Gasteiger partial charge in [0.2, 0.25) is 0 Å². The molecule has 6 nitrogen and oxygen atoms in total. The standard InChI is InChI=1S/C12H14BrN3O3/c1-16-9(14)5-7(15-16)6-4-8(18-2)12(19-3)10(13)11(6)17/h4-5,17H,14H2,1-3H3. The van der Waals surface area contributed by atoms with Gasteiger partial charge in [0.1, 0.15) is 16.0 Å². The number of methoxy groups -OCH3 is 2. The van der Waals surface area contributed by atoms with Crippen molar-refractivity contribution in [2.75, 3.05) is 20.0 Å². The predicted molar refractivity (Wildman–Crippen MR) is 75.5 cm³/mol. The Balaban J connectivity index is 2.67. The number of hydrogen-bond donors (Lipinski definition) is 2. The molecule has 0 amide bonds. The van der Waals surface area contributed by atoms with E-state index in [1.807, 2.05) is 0 Å². The van der Waals surface area contributed by atoms with Gasteiger partial charge in [-0.15, -0.1) is 0 Å². The second kappa shape index (κ2) is 5.00. The third-order valence-corrected chi connectivity index (χ3v) is 3.51. The summed E-state index contributed by atoms with van der Waals surface area (Å²) < 4.78 is 12.4. The molecule has 102 valence electrons. The molecule has 2 rings (SSSR count). The van der Waals surface area contributed by atoms with Crippen molar-refractivity contribution in [1.29, 1.82) is 0 Å². The van der Waals surface area contributed by atoms with Gasteiger partial charge in [-0.3, -0.25) is 4.68 Å². The molecule has 0 unspecified atom stereocenters. The zero-order chi connectivity index (χ0) is 14.2. The molecule has 0 aliphatic rings. The minimum atomic E-state index is 0.0238. The molecule has 0 fully saturated rings. The average Bonchev–Trinajstić information content (AvgIpc) is 2.72. The van der Waals surface area contributed by atoms with Gasteiger partial charge in [-0.25, -0.2) is 0 Å². The molecule has 3 N–H and O–H groups in total. The third kappa shape index (κ3) is 2.21. The van der Waals surface area contributed by atoms with Gasteiger partial charge in [-0.05, 0) is 22.0 Å². The van der Waals surface area contributed by atoms with Crippen LogP contribution in [0.2, 0.25) is 0 Å². The number of phenols is 1. The number of aryl methyl sites for hydroxylation is 1. The van der Waals surface area contributed by atoms with Crippen LogP contribution in [0.5, 0.6) is 17.2 Å². The lowest BCUT2D eigenvalue weighted by atomic mass is 10.1. The zero-order valence-corrected chi connectivity index (χ0v) is 12.4. The number of rotatable bonds is 3. The van der Waals surface area contributed by atoms with Crippen molar-refractivity contribution in [3.8, 4) is 28.5 Å². The summed E-state index contributed by atoms with van der Waals surface area (Å²) in [6, 6.07) is 3.33. The van der Waals surface area contributed by atoms with Crippen molar-refractivity contribution in [2.45, 2.75) is 0 Å². The highest BCUT2D eigenvalue weighted by atomic mass is 79.9. The lowest BCUT2D eigenvalue weighted by Crippen LogP contribution is -1.97. The van der Waals surface area contributed by atoms with Gasteiger partial charge in [0, 0.05) is 18.7 Å². The fraction of sp³-hybridized carbons (Fsp3) is 0.250. The first-order valence-corrected chi connectivity index (χ1v) is 6.22. The summed E-state index contributed by atoms with van der Waals surface area (Å²) in [5.74, 6) is 1.44. The number of nitrogens with two attached hydrogens (primary N) is 1. The lowest BCUT2D eigenvalue weighted by molar-refractivity contribution is 0.349. The highest BCUT2D eigenvalue weighted by Gasteiger charge is 2.20. The summed E-state index contributed by atoms with van der Waals surface area (Å²) in [6.45, 7) is 0. The number of hydrogen-bond acceptors (Lipinski definition) is 5. The summed E-state index contributed by atoms with van der Waals surface area (Å²) in [5, 5.41) is 14.4. The third-order valence-electron chi connectivity index (χ3n) is 2.78. The molecule has 0 aliphatic heterocycles. The van der Waals surface area contributed by atoms with Crippen LogP contribution >= 0.6 is 15.9 Å². The van der Waals surface area contributed by atoms with Crippen molar-refractivity contribution in [3.63, 3.8) is 0 Å². The van der Waals surface area contributed by atoms with Crippen LogP contribution in [0.15, 0.2) is 16.6 Å². The van der Waals surface area contributed by atoms with Crippen molar-refractivity contribution >= 4 is 21.7 Å². The summed E-state index contributed by atoms with van der Waals surface area (Å²) in [4.78, 5) is 0. The maximum atomic E-state index is 10.2. The number of nitrogens with zero attached hydrogens (tertiary/aromatic N) is 2. The number of benzene rings is 1. The Hall–Kier alpha value is -1.89. The molecule has 1 aromatic heterocycles. The van der Waals surface area contributed by atoms with Crippen LogP contribution in [0, 0.1) is 0 Å². The lowest BCUT2D eigenvalue weighted by Gasteiger charge is -2.13. The van der Waals surface area contributed by atoms with Crippen molar-refractivity contribution < 1.29 is 14.6 Å². The quantitative estimate of drug-likeness (QED) is 0.902. The van der Waals surface area contributed by atoms with Crippen LogP contribution in [0.25, 0.3) is 11.3 Å². The Morgan fingerprint density at radius 1 is 1.32 bits per heavy atom. The molecule has 0 saturated heterocycles. The summed E-state index contributed by atoms with van der Waals surface area (Å²) in [5.41, 5.74) is 6.81. The molecule has 0 spiro atoms. The number of ether oxygens (including phenoxy) is 2. The van der Waals surface area contributed by atoms with Gasteiger partial charge in [0.05, 0.1) is 19.9 Å². The van der Waals surface area contributed by atoms with E-state index in [9.17, 15) is 5.11 Å². The monoisotopic (exact) mass is 327 g/mol. The fourth-order valence-electron chi connectivity index (χ4n) is 1.75. The number of halogens is 1. The summed E-state index contributed by atoms with van der Waals surface area (Å²) in [6.07, 6.45) is 0. The van der Waals surface area contributed by atoms with Gasteiger partial charge < -0.3 is 20.3 Å². The van der Waals surface area contributed by atoms with E-state index in [-0.39, 0.29) is 5.75 Å². The molecular formula is C12H14BrN3O3. The molecule has 0 radical (unpaired) electrons. The van der Waals surface area contributed by atoms with E-state index in [1.165, 1.54) is 18.9 Å². The molecule has 7 heteroatoms. The first-order valence-electron chi connectivity index (χ1n) is 5.43. The Kier molecular flexibility index (Phi) is 3.57. The fourth-order valence-corrected chi connectivity index (χ4v) is 2.32. The summed E-state index contributed by atoms with van der Waals surface area (Å²) in [7, 11) is 4.75. The molecule has 19 heavy (non-hydrogen) atoms. The second-order valence-corrected chi connectivity index (χ2v) is 4.69. The van der Waals surface area contributed by atoms with Gasteiger partial charge >= 0.3 is 0 Å². The van der Waals surface area contributed by atoms with Gasteiger partial charge in [-0.1, -0.05) is 0 Å². The average molecular weight is 328 g/mol. The van der Waals surface area contributed by atoms with Crippen LogP contribution in [0.3, 0.4) is 0 Å². The zero-order valence-electron chi connectivity index (χ0n) is 10.8. The number of nitrogen functional groups attached to an aromatic ring is 1. The SMILES string of the molecule is COc1cc(-c2cc(N)n(C)n2)c(O)c(Br)c1OC. The topological polar surface area (TPSA) is 82.5 Å². The first kappa shape index (κ1) is 13.5. The van der Waals surface area contributed by atoms with E-state index in [2.05, 4.69) is 21.0 Å². The molecule has 0 atom stereocenters. The highest BCUT2D eigenvalue weighted by Crippen LogP contribution is 2.46. The Morgan fingerprint density at radius 3 is 2.47 bits per heavy atom. The van der Waals surface area contributed by atoms with Crippen LogP contribution in [0.1, 0.15) is 0 Å². The molecule has 1 heterocycles. The van der Waals surface area contributed by atoms with E-state index in [0.717, 1.165) is 0 Å². The Bertz CT molecular complexity index is 606. The minimum Gasteiger partial charge on any atom is -0.506 e. The van der Waals surface area contributed by atoms with E-state index in [4.69, 9.17) is 15.2 Å². The van der Waals surface area contributed by atoms with E-state index >= 15 is 0 Å². The molecule has 0 saturated carbocycles. The van der Waals surface area contributed by atoms with E-state index in [1.54, 1.807) is 19.2 Å². The predicted octanol–water partition coefficient (Wildman–Crippen LogP) is 2.15. The van der Waals surface area contributed by atoms with Crippen LogP contribution in [-0.4, -0.2) is 29.1 Å². The highest BCUT2D eigenvalue weighted by molar-refractivity contribution is 9.10. The maximum Gasteiger partial charge on any atom is 0.178 e. The van der Waals surface area contributed by atoms with Crippen LogP contribution in [0.4, 0.5) is 5.82 Å². The van der Waals surface area contributed by atoms with Crippen molar-refractivity contribution in [3.05, 3.63) is 16.6 Å². The van der Waals surface area contributed by atoms with Gasteiger partial charge in [0.15, 0.2) is 11.5 Å². The van der Waals surface area contributed by atoms with Crippen LogP contribution < -0.4 is 15.2 Å². The van der Waals surface area contributed by atoms with Crippen molar-refractivity contribution in [2.24, 2.45) is 7.05 Å². The molecular weight excluding hydrogens is 314 g/mol. The Morgan fingerprint density at radius 2 is 2.00 bits per heavy atom. The molecule has 0 bridgehead atoms. The van der Waals surface area contributed by atoms with Gasteiger partial charge in [0.25, 0.3) is 0 Å². The second-order valence-electron chi connectivity index (χ2n) is 3.90. The number of aromatic nitrogens is 2. The minimum absolute atomic E-state index is 0.0238. The largest absolute Gasteiger partial charge is 0.506 e. The number of aromatic hydroxyl groups is 1. The molecule has 0 aliphatic carbocycles. The number of phenolic OH excluding ortho intramolecular Hbond substituents is 1.